The highest BCUT2D eigenvalue weighted by Crippen LogP contribution is 2.39. The van der Waals surface area contributed by atoms with E-state index in [9.17, 15) is 5.11 Å². The van der Waals surface area contributed by atoms with Crippen molar-refractivity contribution in [3.63, 3.8) is 0 Å². The van der Waals surface area contributed by atoms with E-state index >= 15 is 0 Å². The molecule has 0 bridgehead atoms. The van der Waals surface area contributed by atoms with E-state index in [4.69, 9.17) is 0 Å². The summed E-state index contributed by atoms with van der Waals surface area (Å²) in [4.78, 5) is 0. The lowest BCUT2D eigenvalue weighted by Gasteiger charge is -2.28. The van der Waals surface area contributed by atoms with E-state index in [0.29, 0.717) is 0 Å². The quantitative estimate of drug-likeness (QED) is 0.763. The van der Waals surface area contributed by atoms with Gasteiger partial charge in [-0.15, -0.1) is 0 Å². The minimum Gasteiger partial charge on any atom is -0.385 e. The van der Waals surface area contributed by atoms with E-state index in [0.717, 1.165) is 30.7 Å². The van der Waals surface area contributed by atoms with Gasteiger partial charge in [0.2, 0.25) is 0 Å². The standard InChI is InChI=1S/C17H26O/c1-4-15-6-5-10-17(18,11-9-15)16-8-7-13(2)14(3)12-16/h7-8,12,15,18H,4-6,9-11H2,1-3H3. The van der Waals surface area contributed by atoms with Crippen molar-refractivity contribution in [3.8, 4) is 0 Å². The van der Waals surface area contributed by atoms with Crippen molar-refractivity contribution in [1.82, 2.24) is 0 Å². The number of aryl methyl sites for hydroxylation is 2. The second-order valence-electron chi connectivity index (χ2n) is 6.04. The van der Waals surface area contributed by atoms with Gasteiger partial charge in [0.15, 0.2) is 0 Å². The molecule has 0 heterocycles. The van der Waals surface area contributed by atoms with Gasteiger partial charge in [-0.1, -0.05) is 38.0 Å². The Balaban J connectivity index is 2.21. The van der Waals surface area contributed by atoms with E-state index in [-0.39, 0.29) is 0 Å². The molecular weight excluding hydrogens is 220 g/mol. The Morgan fingerprint density at radius 2 is 1.94 bits per heavy atom. The van der Waals surface area contributed by atoms with Gasteiger partial charge in [-0.3, -0.25) is 0 Å². The van der Waals surface area contributed by atoms with Crippen LogP contribution in [0.3, 0.4) is 0 Å². The van der Waals surface area contributed by atoms with E-state index in [1.54, 1.807) is 0 Å². The van der Waals surface area contributed by atoms with Gasteiger partial charge in [-0.05, 0) is 62.1 Å². The third-order valence-electron chi connectivity index (χ3n) is 4.79. The normalized spacial score (nSPS) is 29.0. The van der Waals surface area contributed by atoms with Crippen LogP contribution >= 0.6 is 0 Å². The first-order valence-electron chi connectivity index (χ1n) is 7.35. The molecule has 2 unspecified atom stereocenters. The van der Waals surface area contributed by atoms with Crippen molar-refractivity contribution >= 4 is 0 Å². The molecule has 1 aliphatic carbocycles. The van der Waals surface area contributed by atoms with Crippen LogP contribution in [0, 0.1) is 19.8 Å². The van der Waals surface area contributed by atoms with E-state index in [1.807, 2.05) is 0 Å². The molecule has 0 amide bonds. The molecule has 0 saturated heterocycles. The average Bonchev–Trinajstić information content (AvgIpc) is 2.55. The molecule has 1 saturated carbocycles. The zero-order valence-corrected chi connectivity index (χ0v) is 12.0. The number of hydrogen-bond acceptors (Lipinski definition) is 1. The summed E-state index contributed by atoms with van der Waals surface area (Å²) in [6.45, 7) is 6.53. The third kappa shape index (κ3) is 2.77. The van der Waals surface area contributed by atoms with Crippen molar-refractivity contribution in [2.24, 2.45) is 5.92 Å². The lowest BCUT2D eigenvalue weighted by atomic mass is 9.85. The highest BCUT2D eigenvalue weighted by atomic mass is 16.3. The van der Waals surface area contributed by atoms with Crippen LogP contribution in [-0.2, 0) is 5.60 Å². The van der Waals surface area contributed by atoms with Gasteiger partial charge in [0.25, 0.3) is 0 Å². The molecule has 1 fully saturated rings. The van der Waals surface area contributed by atoms with Crippen LogP contribution in [0.4, 0.5) is 0 Å². The minimum atomic E-state index is -0.581. The summed E-state index contributed by atoms with van der Waals surface area (Å²) < 4.78 is 0. The van der Waals surface area contributed by atoms with E-state index in [1.165, 1.54) is 30.4 Å². The average molecular weight is 246 g/mol. The smallest absolute Gasteiger partial charge is 0.0896 e. The van der Waals surface area contributed by atoms with Crippen LogP contribution in [0.5, 0.6) is 0 Å². The van der Waals surface area contributed by atoms with Crippen molar-refractivity contribution in [3.05, 3.63) is 34.9 Å². The Labute approximate surface area is 111 Å². The Bertz CT molecular complexity index is 410. The monoisotopic (exact) mass is 246 g/mol. The predicted octanol–water partition coefficient (Wildman–Crippen LogP) is 4.48. The maximum Gasteiger partial charge on any atom is 0.0896 e. The summed E-state index contributed by atoms with van der Waals surface area (Å²) in [5, 5.41) is 11.0. The minimum absolute atomic E-state index is 0.581. The number of hydrogen-bond donors (Lipinski definition) is 1. The van der Waals surface area contributed by atoms with Gasteiger partial charge in [0.05, 0.1) is 5.60 Å². The fourth-order valence-corrected chi connectivity index (χ4v) is 3.12. The zero-order chi connectivity index (χ0) is 13.2. The second kappa shape index (κ2) is 5.44. The molecule has 2 atom stereocenters. The van der Waals surface area contributed by atoms with Gasteiger partial charge in [0, 0.05) is 0 Å². The highest BCUT2D eigenvalue weighted by molar-refractivity contribution is 5.33. The van der Waals surface area contributed by atoms with Crippen LogP contribution in [0.2, 0.25) is 0 Å². The first-order chi connectivity index (χ1) is 8.55. The number of aliphatic hydroxyl groups is 1. The van der Waals surface area contributed by atoms with Gasteiger partial charge in [-0.25, -0.2) is 0 Å². The number of rotatable bonds is 2. The number of benzene rings is 1. The van der Waals surface area contributed by atoms with Gasteiger partial charge in [-0.2, -0.15) is 0 Å². The third-order valence-corrected chi connectivity index (χ3v) is 4.79. The van der Waals surface area contributed by atoms with Crippen molar-refractivity contribution in [2.45, 2.75) is 64.9 Å². The van der Waals surface area contributed by atoms with Crippen molar-refractivity contribution in [2.75, 3.05) is 0 Å². The first kappa shape index (κ1) is 13.6. The van der Waals surface area contributed by atoms with E-state index < -0.39 is 5.60 Å². The topological polar surface area (TPSA) is 20.2 Å². The molecule has 1 aromatic rings. The Morgan fingerprint density at radius 3 is 2.61 bits per heavy atom. The fourth-order valence-electron chi connectivity index (χ4n) is 3.12. The Kier molecular flexibility index (Phi) is 4.11. The van der Waals surface area contributed by atoms with Gasteiger partial charge < -0.3 is 5.11 Å². The lowest BCUT2D eigenvalue weighted by molar-refractivity contribution is 0.0195. The molecule has 1 aromatic carbocycles. The molecule has 100 valence electrons. The summed E-state index contributed by atoms with van der Waals surface area (Å²) in [6.07, 6.45) is 6.70. The molecule has 1 nitrogen and oxygen atoms in total. The van der Waals surface area contributed by atoms with E-state index in [2.05, 4.69) is 39.0 Å². The molecule has 2 rings (SSSR count). The summed E-state index contributed by atoms with van der Waals surface area (Å²) in [5.74, 6) is 0.811. The molecule has 1 N–H and O–H groups in total. The molecule has 18 heavy (non-hydrogen) atoms. The summed E-state index contributed by atoms with van der Waals surface area (Å²) >= 11 is 0. The van der Waals surface area contributed by atoms with Crippen LogP contribution < -0.4 is 0 Å². The molecule has 0 radical (unpaired) electrons. The fraction of sp³-hybridized carbons (Fsp3) is 0.647. The van der Waals surface area contributed by atoms with Crippen LogP contribution in [0.25, 0.3) is 0 Å². The van der Waals surface area contributed by atoms with Crippen molar-refractivity contribution < 1.29 is 5.11 Å². The van der Waals surface area contributed by atoms with Crippen LogP contribution in [0.1, 0.15) is 62.1 Å². The SMILES string of the molecule is CCC1CCCC(O)(c2ccc(C)c(C)c2)CC1. The second-order valence-corrected chi connectivity index (χ2v) is 6.04. The molecular formula is C17H26O. The van der Waals surface area contributed by atoms with Crippen LogP contribution in [-0.4, -0.2) is 5.11 Å². The van der Waals surface area contributed by atoms with Gasteiger partial charge in [0.1, 0.15) is 0 Å². The largest absolute Gasteiger partial charge is 0.385 e. The van der Waals surface area contributed by atoms with Crippen LogP contribution in [0.15, 0.2) is 18.2 Å². The molecule has 0 aliphatic heterocycles. The molecule has 1 heteroatoms. The first-order valence-corrected chi connectivity index (χ1v) is 7.35. The molecule has 1 aliphatic rings. The maximum atomic E-state index is 11.0. The zero-order valence-electron chi connectivity index (χ0n) is 12.0. The van der Waals surface area contributed by atoms with Gasteiger partial charge >= 0.3 is 0 Å². The lowest BCUT2D eigenvalue weighted by Crippen LogP contribution is -2.25. The predicted molar refractivity (Wildman–Crippen MR) is 76.7 cm³/mol. The summed E-state index contributed by atoms with van der Waals surface area (Å²) in [6, 6.07) is 6.45. The Morgan fingerprint density at radius 1 is 1.17 bits per heavy atom. The summed E-state index contributed by atoms with van der Waals surface area (Å²) in [5.41, 5.74) is 3.14. The Hall–Kier alpha value is -0.820. The van der Waals surface area contributed by atoms with Crippen molar-refractivity contribution in [1.29, 1.82) is 0 Å². The molecule has 0 aromatic heterocycles. The maximum absolute atomic E-state index is 11.0. The summed E-state index contributed by atoms with van der Waals surface area (Å²) in [7, 11) is 0. The molecule has 0 spiro atoms. The highest BCUT2D eigenvalue weighted by Gasteiger charge is 2.32.